The van der Waals surface area contributed by atoms with Gasteiger partial charge in [0.1, 0.15) is 5.69 Å². The lowest BCUT2D eigenvalue weighted by molar-refractivity contribution is -0.113. The highest BCUT2D eigenvalue weighted by Crippen LogP contribution is 2.30. The number of aliphatic hydroxyl groups is 1. The van der Waals surface area contributed by atoms with E-state index in [-0.39, 0.29) is 23.8 Å². The molecule has 1 unspecified atom stereocenters. The first-order valence-electron chi connectivity index (χ1n) is 13.0. The number of anilines is 4. The number of aromatic nitrogens is 1. The Kier molecular flexibility index (Phi) is 7.60. The average Bonchev–Trinajstić information content (AvgIpc) is 3.47. The molecular weight excluding hydrogens is 478 g/mol. The number of allylic oxidation sites excluding steroid dienone is 3. The molecule has 2 amide bonds. The van der Waals surface area contributed by atoms with Crippen molar-refractivity contribution >= 4 is 34.6 Å². The molecule has 2 aliphatic rings. The van der Waals surface area contributed by atoms with Crippen molar-refractivity contribution in [3.63, 3.8) is 0 Å². The number of H-pyrrole nitrogens is 1. The zero-order valence-corrected chi connectivity index (χ0v) is 21.4. The monoisotopic (exact) mass is 511 g/mol. The summed E-state index contributed by atoms with van der Waals surface area (Å²) in [5.41, 5.74) is 5.73. The van der Waals surface area contributed by atoms with Crippen LogP contribution in [0.4, 0.5) is 22.7 Å². The SMILES string of the molecule is CC1CC(C(=O)Nc2ccc(Nc3ccc(NC(=O)c4ccc[nH]4)cc3)cc2)=CC=C1N1CCC(O)CC1. The maximum Gasteiger partial charge on any atom is 0.272 e. The molecule has 1 fully saturated rings. The fourth-order valence-electron chi connectivity index (χ4n) is 4.88. The molecule has 0 radical (unpaired) electrons. The lowest BCUT2D eigenvalue weighted by Gasteiger charge is -2.37. The van der Waals surface area contributed by atoms with Crippen molar-refractivity contribution in [3.8, 4) is 0 Å². The molecule has 1 saturated heterocycles. The predicted molar refractivity (Wildman–Crippen MR) is 150 cm³/mol. The maximum atomic E-state index is 12.9. The van der Waals surface area contributed by atoms with Gasteiger partial charge in [0.2, 0.25) is 0 Å². The Morgan fingerprint density at radius 2 is 1.42 bits per heavy atom. The van der Waals surface area contributed by atoms with E-state index in [1.165, 1.54) is 5.70 Å². The minimum absolute atomic E-state index is 0.0843. The van der Waals surface area contributed by atoms with Gasteiger partial charge in [0.25, 0.3) is 11.8 Å². The number of likely N-dealkylation sites (tertiary alicyclic amines) is 1. The fourth-order valence-corrected chi connectivity index (χ4v) is 4.88. The molecule has 38 heavy (non-hydrogen) atoms. The summed E-state index contributed by atoms with van der Waals surface area (Å²) in [5.74, 6) is -0.0133. The number of carbonyl (C=O) groups is 2. The van der Waals surface area contributed by atoms with Crippen molar-refractivity contribution in [2.45, 2.75) is 32.3 Å². The molecule has 5 N–H and O–H groups in total. The number of hydrogen-bond acceptors (Lipinski definition) is 5. The molecule has 2 heterocycles. The van der Waals surface area contributed by atoms with Gasteiger partial charge in [0, 0.05) is 59.2 Å². The summed E-state index contributed by atoms with van der Waals surface area (Å²) in [4.78, 5) is 30.3. The number of aromatic amines is 1. The Morgan fingerprint density at radius 1 is 0.842 bits per heavy atom. The van der Waals surface area contributed by atoms with Crippen LogP contribution in [0.15, 0.2) is 90.3 Å². The van der Waals surface area contributed by atoms with E-state index in [9.17, 15) is 14.7 Å². The fraction of sp³-hybridized carbons (Fsp3) is 0.267. The van der Waals surface area contributed by atoms with Crippen LogP contribution in [0.2, 0.25) is 0 Å². The van der Waals surface area contributed by atoms with Crippen molar-refractivity contribution in [3.05, 3.63) is 96.0 Å². The van der Waals surface area contributed by atoms with E-state index < -0.39 is 0 Å². The van der Waals surface area contributed by atoms with Crippen LogP contribution in [0.5, 0.6) is 0 Å². The lowest BCUT2D eigenvalue weighted by Crippen LogP contribution is -2.37. The Morgan fingerprint density at radius 3 is 1.97 bits per heavy atom. The van der Waals surface area contributed by atoms with Crippen LogP contribution in [-0.2, 0) is 4.79 Å². The molecule has 2 aromatic carbocycles. The first kappa shape index (κ1) is 25.4. The van der Waals surface area contributed by atoms with Crippen molar-refractivity contribution in [1.29, 1.82) is 0 Å². The van der Waals surface area contributed by atoms with E-state index in [1.807, 2.05) is 54.6 Å². The Hall–Kier alpha value is -4.30. The molecule has 0 spiro atoms. The van der Waals surface area contributed by atoms with Gasteiger partial charge in [-0.1, -0.05) is 13.0 Å². The Labute approximate surface area is 222 Å². The summed E-state index contributed by atoms with van der Waals surface area (Å²) < 4.78 is 0. The quantitative estimate of drug-likeness (QED) is 0.297. The average molecular weight is 512 g/mol. The van der Waals surface area contributed by atoms with Crippen LogP contribution >= 0.6 is 0 Å². The van der Waals surface area contributed by atoms with Gasteiger partial charge in [0.05, 0.1) is 6.10 Å². The lowest BCUT2D eigenvalue weighted by atomic mass is 9.90. The highest BCUT2D eigenvalue weighted by atomic mass is 16.3. The maximum absolute atomic E-state index is 12.9. The number of benzene rings is 2. The van der Waals surface area contributed by atoms with Crippen LogP contribution in [0.25, 0.3) is 0 Å². The number of carbonyl (C=O) groups excluding carboxylic acids is 2. The van der Waals surface area contributed by atoms with E-state index in [0.717, 1.165) is 48.6 Å². The van der Waals surface area contributed by atoms with Gasteiger partial charge in [-0.2, -0.15) is 0 Å². The van der Waals surface area contributed by atoms with Crippen molar-refractivity contribution in [2.24, 2.45) is 5.92 Å². The summed E-state index contributed by atoms with van der Waals surface area (Å²) in [6.07, 6.45) is 7.79. The molecule has 1 aliphatic heterocycles. The molecule has 0 saturated carbocycles. The molecule has 1 aliphatic carbocycles. The second kappa shape index (κ2) is 11.4. The summed E-state index contributed by atoms with van der Waals surface area (Å²) in [6, 6.07) is 18.5. The summed E-state index contributed by atoms with van der Waals surface area (Å²) in [5, 5.41) is 19.0. The van der Waals surface area contributed by atoms with Gasteiger partial charge in [-0.05, 0) is 86.0 Å². The Balaban J connectivity index is 1.14. The molecule has 8 nitrogen and oxygen atoms in total. The van der Waals surface area contributed by atoms with Crippen molar-refractivity contribution in [2.75, 3.05) is 29.0 Å². The minimum Gasteiger partial charge on any atom is -0.393 e. The minimum atomic E-state index is -0.195. The first-order valence-corrected chi connectivity index (χ1v) is 13.0. The molecule has 1 aromatic heterocycles. The topological polar surface area (TPSA) is 109 Å². The van der Waals surface area contributed by atoms with Crippen molar-refractivity contribution in [1.82, 2.24) is 9.88 Å². The van der Waals surface area contributed by atoms with Crippen LogP contribution in [0, 0.1) is 5.92 Å². The predicted octanol–water partition coefficient (Wildman–Crippen LogP) is 5.26. The van der Waals surface area contributed by atoms with E-state index in [4.69, 9.17) is 0 Å². The summed E-state index contributed by atoms with van der Waals surface area (Å²) in [7, 11) is 0. The largest absolute Gasteiger partial charge is 0.393 e. The number of aliphatic hydroxyl groups excluding tert-OH is 1. The summed E-state index contributed by atoms with van der Waals surface area (Å²) >= 11 is 0. The zero-order valence-electron chi connectivity index (χ0n) is 21.4. The van der Waals surface area contributed by atoms with E-state index in [2.05, 4.69) is 38.8 Å². The third-order valence-electron chi connectivity index (χ3n) is 7.02. The molecule has 1 atom stereocenters. The van der Waals surface area contributed by atoms with E-state index in [1.54, 1.807) is 18.3 Å². The highest BCUT2D eigenvalue weighted by Gasteiger charge is 2.26. The van der Waals surface area contributed by atoms with Crippen LogP contribution < -0.4 is 16.0 Å². The standard InChI is InChI=1S/C30H33N5O3/c1-20-19-21(4-13-28(20)35-17-14-26(36)15-18-35)29(37)33-24-9-5-22(6-10-24)32-23-7-11-25(12-8-23)34-30(38)27-3-2-16-31-27/h2-13,16,20,26,31-32,36H,14-15,17-19H2,1H3,(H,33,37)(H,34,38). The van der Waals surface area contributed by atoms with Crippen LogP contribution in [0.1, 0.15) is 36.7 Å². The Bertz CT molecular complexity index is 1320. The molecule has 196 valence electrons. The number of rotatable bonds is 7. The molecule has 3 aromatic rings. The first-order chi connectivity index (χ1) is 18.4. The molecular formula is C30H33N5O3. The van der Waals surface area contributed by atoms with Gasteiger partial charge < -0.3 is 30.9 Å². The van der Waals surface area contributed by atoms with Gasteiger partial charge in [-0.3, -0.25) is 9.59 Å². The van der Waals surface area contributed by atoms with Gasteiger partial charge in [-0.25, -0.2) is 0 Å². The normalized spacial score (nSPS) is 17.8. The number of amides is 2. The third kappa shape index (κ3) is 6.15. The van der Waals surface area contributed by atoms with E-state index >= 15 is 0 Å². The number of hydrogen-bond donors (Lipinski definition) is 5. The van der Waals surface area contributed by atoms with E-state index in [0.29, 0.717) is 17.8 Å². The zero-order chi connectivity index (χ0) is 26.5. The molecule has 0 bridgehead atoms. The molecule has 5 rings (SSSR count). The third-order valence-corrected chi connectivity index (χ3v) is 7.02. The number of nitrogens with zero attached hydrogens (tertiary/aromatic N) is 1. The molecule has 8 heteroatoms. The number of nitrogens with one attached hydrogen (secondary N) is 4. The van der Waals surface area contributed by atoms with Crippen LogP contribution in [0.3, 0.4) is 0 Å². The highest BCUT2D eigenvalue weighted by molar-refractivity contribution is 6.04. The summed E-state index contributed by atoms with van der Waals surface area (Å²) in [6.45, 7) is 3.88. The van der Waals surface area contributed by atoms with Gasteiger partial charge in [-0.15, -0.1) is 0 Å². The van der Waals surface area contributed by atoms with Crippen molar-refractivity contribution < 1.29 is 14.7 Å². The second-order valence-corrected chi connectivity index (χ2v) is 9.88. The van der Waals surface area contributed by atoms with Gasteiger partial charge >= 0.3 is 0 Å². The number of piperidine rings is 1. The van der Waals surface area contributed by atoms with Gasteiger partial charge in [0.15, 0.2) is 0 Å². The van der Waals surface area contributed by atoms with Crippen LogP contribution in [-0.4, -0.2) is 46.0 Å². The second-order valence-electron chi connectivity index (χ2n) is 9.88. The smallest absolute Gasteiger partial charge is 0.272 e.